The highest BCUT2D eigenvalue weighted by molar-refractivity contribution is 7.99. The minimum Gasteiger partial charge on any atom is -0.429 e. The van der Waals surface area contributed by atoms with E-state index >= 15 is 0 Å². The molecule has 122 valence electrons. The third-order valence-electron chi connectivity index (χ3n) is 4.58. The van der Waals surface area contributed by atoms with Gasteiger partial charge >= 0.3 is 0 Å². The zero-order valence-corrected chi connectivity index (χ0v) is 14.2. The highest BCUT2D eigenvalue weighted by Crippen LogP contribution is 2.38. The van der Waals surface area contributed by atoms with Crippen molar-refractivity contribution >= 4 is 41.0 Å². The molecule has 4 rings (SSSR count). The number of aromatic nitrogens is 1. The summed E-state index contributed by atoms with van der Waals surface area (Å²) in [6, 6.07) is 5.52. The maximum atomic E-state index is 12.5. The predicted molar refractivity (Wildman–Crippen MR) is 92.5 cm³/mol. The van der Waals surface area contributed by atoms with Gasteiger partial charge in [-0.05, 0) is 55.4 Å². The summed E-state index contributed by atoms with van der Waals surface area (Å²) in [5.74, 6) is 2.12. The normalized spacial score (nSPS) is 27.6. The fourth-order valence-electron chi connectivity index (χ4n) is 3.37. The van der Waals surface area contributed by atoms with Crippen molar-refractivity contribution in [3.8, 4) is 0 Å². The summed E-state index contributed by atoms with van der Waals surface area (Å²) in [5.41, 5.74) is 1.98. The molecule has 2 aliphatic rings. The van der Waals surface area contributed by atoms with E-state index in [1.165, 1.54) is 0 Å². The Kier molecular flexibility index (Phi) is 3.95. The molecule has 0 radical (unpaired) electrons. The molecule has 1 aromatic carbocycles. The number of benzene rings is 1. The number of fused-ring (bicyclic) bond motifs is 1. The Morgan fingerprint density at radius 3 is 3.22 bits per heavy atom. The predicted octanol–water partition coefficient (Wildman–Crippen LogP) is 3.27. The largest absolute Gasteiger partial charge is 0.429 e. The first-order valence-corrected chi connectivity index (χ1v) is 9.35. The lowest BCUT2D eigenvalue weighted by atomic mass is 9.89. The highest BCUT2D eigenvalue weighted by Gasteiger charge is 2.40. The first kappa shape index (κ1) is 15.2. The number of amides is 1. The van der Waals surface area contributed by atoms with Crippen LogP contribution in [0.2, 0.25) is 0 Å². The van der Waals surface area contributed by atoms with Gasteiger partial charge in [-0.1, -0.05) is 0 Å². The molecule has 2 aliphatic heterocycles. The van der Waals surface area contributed by atoms with Crippen LogP contribution in [0, 0.1) is 4.84 Å². The molecule has 2 N–H and O–H groups in total. The molecule has 1 amide bonds. The van der Waals surface area contributed by atoms with Gasteiger partial charge in [0.05, 0.1) is 11.1 Å². The second-order valence-corrected chi connectivity index (χ2v) is 7.70. The van der Waals surface area contributed by atoms with Gasteiger partial charge in [0.25, 0.3) is 10.7 Å². The quantitative estimate of drug-likeness (QED) is 0.814. The summed E-state index contributed by atoms with van der Waals surface area (Å²) in [4.78, 5) is 15.8. The number of ether oxygens (including phenoxy) is 1. The van der Waals surface area contributed by atoms with E-state index in [2.05, 4.69) is 10.3 Å². The van der Waals surface area contributed by atoms with Gasteiger partial charge in [0, 0.05) is 24.0 Å². The summed E-state index contributed by atoms with van der Waals surface area (Å²) in [6.45, 7) is 0.719. The summed E-state index contributed by atoms with van der Waals surface area (Å²) in [7, 11) is 0. The smallest absolute Gasteiger partial charge is 0.266 e. The molecule has 0 bridgehead atoms. The first-order valence-electron chi connectivity index (χ1n) is 7.79. The number of carbonyl (C=O) groups excluding carboxylic acids is 1. The van der Waals surface area contributed by atoms with Crippen LogP contribution in [0.4, 0.5) is 0 Å². The number of aromatic amines is 1. The summed E-state index contributed by atoms with van der Waals surface area (Å²) < 4.78 is 11.4. The Morgan fingerprint density at radius 1 is 1.48 bits per heavy atom. The van der Waals surface area contributed by atoms with Crippen LogP contribution in [0.3, 0.4) is 0 Å². The molecule has 0 aliphatic carbocycles. The van der Waals surface area contributed by atoms with Crippen LogP contribution in [-0.2, 0) is 4.74 Å². The van der Waals surface area contributed by atoms with E-state index in [0.29, 0.717) is 16.0 Å². The van der Waals surface area contributed by atoms with E-state index in [9.17, 15) is 4.79 Å². The highest BCUT2D eigenvalue weighted by atomic mass is 32.2. The lowest BCUT2D eigenvalue weighted by Crippen LogP contribution is -2.48. The van der Waals surface area contributed by atoms with Crippen molar-refractivity contribution in [1.29, 1.82) is 0 Å². The Hall–Kier alpha value is -1.31. The van der Waals surface area contributed by atoms with Gasteiger partial charge in [0.2, 0.25) is 0 Å². The third-order valence-corrected chi connectivity index (χ3v) is 5.99. The molecule has 1 aromatic heterocycles. The number of rotatable bonds is 2. The molecule has 1 spiro atoms. The van der Waals surface area contributed by atoms with Gasteiger partial charge in [0.1, 0.15) is 0 Å². The Labute approximate surface area is 143 Å². The summed E-state index contributed by atoms with van der Waals surface area (Å²) >= 11 is 6.91. The van der Waals surface area contributed by atoms with Crippen LogP contribution in [0.15, 0.2) is 22.6 Å². The number of hydrogen-bond acceptors (Lipinski definition) is 5. The number of oxazole rings is 1. The molecule has 0 saturated carbocycles. The van der Waals surface area contributed by atoms with Crippen LogP contribution in [0.5, 0.6) is 0 Å². The van der Waals surface area contributed by atoms with Crippen molar-refractivity contribution in [1.82, 2.24) is 10.3 Å². The molecule has 5 nitrogen and oxygen atoms in total. The second kappa shape index (κ2) is 5.96. The van der Waals surface area contributed by atoms with Gasteiger partial charge in [-0.2, -0.15) is 11.8 Å². The molecule has 23 heavy (non-hydrogen) atoms. The number of carbonyl (C=O) groups is 1. The Morgan fingerprint density at radius 2 is 2.39 bits per heavy atom. The average molecular weight is 350 g/mol. The first-order chi connectivity index (χ1) is 11.1. The molecule has 2 aromatic rings. The number of hydrogen-bond donors (Lipinski definition) is 2. The third kappa shape index (κ3) is 3.05. The van der Waals surface area contributed by atoms with Crippen LogP contribution < -0.4 is 5.32 Å². The van der Waals surface area contributed by atoms with Gasteiger partial charge in [-0.25, -0.2) is 0 Å². The Balaban J connectivity index is 1.48. The zero-order valence-electron chi connectivity index (χ0n) is 12.6. The lowest BCUT2D eigenvalue weighted by molar-refractivity contribution is -0.0688. The van der Waals surface area contributed by atoms with Gasteiger partial charge in [-0.15, -0.1) is 0 Å². The lowest BCUT2D eigenvalue weighted by Gasteiger charge is -2.38. The van der Waals surface area contributed by atoms with Crippen molar-refractivity contribution in [2.75, 3.05) is 18.1 Å². The van der Waals surface area contributed by atoms with E-state index in [4.69, 9.17) is 21.4 Å². The molecule has 2 fully saturated rings. The average Bonchev–Trinajstić information content (AvgIpc) is 3.12. The number of nitrogens with one attached hydrogen (secondary N) is 2. The Bertz CT molecular complexity index is 792. The maximum Gasteiger partial charge on any atom is 0.266 e. The summed E-state index contributed by atoms with van der Waals surface area (Å²) in [5, 5.41) is 3.15. The molecule has 7 heteroatoms. The van der Waals surface area contributed by atoms with E-state index in [-0.39, 0.29) is 17.6 Å². The zero-order chi connectivity index (χ0) is 15.9. The maximum absolute atomic E-state index is 12.5. The fourth-order valence-corrected chi connectivity index (χ4v) is 4.95. The van der Waals surface area contributed by atoms with Crippen molar-refractivity contribution in [2.45, 2.75) is 30.9 Å². The van der Waals surface area contributed by atoms with E-state index in [1.807, 2.05) is 17.8 Å². The van der Waals surface area contributed by atoms with Gasteiger partial charge in [-0.3, -0.25) is 4.79 Å². The molecule has 3 heterocycles. The molecular formula is C16H18N2O3S2. The van der Waals surface area contributed by atoms with Crippen LogP contribution in [-0.4, -0.2) is 40.6 Å². The van der Waals surface area contributed by atoms with Crippen molar-refractivity contribution < 1.29 is 13.9 Å². The minimum absolute atomic E-state index is 0.0297. The van der Waals surface area contributed by atoms with Crippen molar-refractivity contribution in [3.63, 3.8) is 0 Å². The van der Waals surface area contributed by atoms with Gasteiger partial charge < -0.3 is 19.5 Å². The second-order valence-electron chi connectivity index (χ2n) is 6.22. The monoisotopic (exact) mass is 350 g/mol. The van der Waals surface area contributed by atoms with Crippen LogP contribution in [0.1, 0.15) is 29.6 Å². The molecule has 2 atom stereocenters. The minimum atomic E-state index is -0.0677. The van der Waals surface area contributed by atoms with Crippen molar-refractivity contribution in [2.24, 2.45) is 0 Å². The molecular weight excluding hydrogens is 332 g/mol. The SMILES string of the molecule is O=C(N[C@@H]1CCO[C@]2(CCSC2)C1)c1ccc2[nH]c(=S)oc2c1. The topological polar surface area (TPSA) is 67.3 Å². The summed E-state index contributed by atoms with van der Waals surface area (Å²) in [6.07, 6.45) is 2.85. The van der Waals surface area contributed by atoms with E-state index < -0.39 is 0 Å². The van der Waals surface area contributed by atoms with Crippen LogP contribution >= 0.6 is 24.0 Å². The fraction of sp³-hybridized carbons (Fsp3) is 0.500. The van der Waals surface area contributed by atoms with Gasteiger partial charge in [0.15, 0.2) is 5.58 Å². The van der Waals surface area contributed by atoms with E-state index in [1.54, 1.807) is 12.1 Å². The number of thioether (sulfide) groups is 1. The van der Waals surface area contributed by atoms with E-state index in [0.717, 1.165) is 42.9 Å². The van der Waals surface area contributed by atoms with Crippen molar-refractivity contribution in [3.05, 3.63) is 28.6 Å². The standard InChI is InChI=1S/C16H18N2O3S2/c19-14(10-1-2-12-13(7-10)21-15(22)18-12)17-11-3-5-20-16(8-11)4-6-23-9-16/h1-2,7,11H,3-6,8-9H2,(H,17,19)(H,18,22)/t11-,16-/m1/s1. The molecule has 2 saturated heterocycles. The van der Waals surface area contributed by atoms with Crippen LogP contribution in [0.25, 0.3) is 11.1 Å². The number of H-pyrrole nitrogens is 1. The molecule has 0 unspecified atom stereocenters.